The summed E-state index contributed by atoms with van der Waals surface area (Å²) in [7, 11) is 0. The highest BCUT2D eigenvalue weighted by molar-refractivity contribution is 7.17. The summed E-state index contributed by atoms with van der Waals surface area (Å²) in [6, 6.07) is 9.41. The minimum absolute atomic E-state index is 0.0982. The van der Waals surface area contributed by atoms with Crippen LogP contribution in [0.25, 0.3) is 10.2 Å². The lowest BCUT2D eigenvalue weighted by molar-refractivity contribution is 0.0948. The van der Waals surface area contributed by atoms with E-state index in [4.69, 9.17) is 0 Å². The van der Waals surface area contributed by atoms with E-state index in [0.717, 1.165) is 27.0 Å². The summed E-state index contributed by atoms with van der Waals surface area (Å²) in [5.41, 5.74) is 3.97. The number of aryl methyl sites for hydroxylation is 1. The molecule has 0 bridgehead atoms. The van der Waals surface area contributed by atoms with E-state index in [1.165, 1.54) is 11.3 Å². The molecule has 31 heavy (non-hydrogen) atoms. The van der Waals surface area contributed by atoms with Crippen LogP contribution in [0, 0.1) is 6.92 Å². The Morgan fingerprint density at radius 3 is 2.68 bits per heavy atom. The third-order valence-corrected chi connectivity index (χ3v) is 5.55. The van der Waals surface area contributed by atoms with E-state index in [1.807, 2.05) is 63.4 Å². The van der Waals surface area contributed by atoms with Crippen molar-refractivity contribution in [2.75, 3.05) is 5.32 Å². The second kappa shape index (κ2) is 10.6. The highest BCUT2D eigenvalue weighted by Crippen LogP contribution is 2.28. The maximum absolute atomic E-state index is 12.9. The topological polar surface area (TPSA) is 92.7 Å². The Morgan fingerprint density at radius 2 is 1.97 bits per heavy atom. The van der Waals surface area contributed by atoms with Crippen LogP contribution in [0.1, 0.15) is 54.1 Å². The smallest absolute Gasteiger partial charge is 0.271 e. The van der Waals surface area contributed by atoms with Gasteiger partial charge in [-0.3, -0.25) is 14.8 Å². The summed E-state index contributed by atoms with van der Waals surface area (Å²) in [6.07, 6.45) is 5.18. The molecule has 7 nitrogen and oxygen atoms in total. The van der Waals surface area contributed by atoms with Gasteiger partial charge in [-0.15, -0.1) is 11.3 Å². The van der Waals surface area contributed by atoms with Gasteiger partial charge in [-0.05, 0) is 48.6 Å². The molecule has 2 N–H and O–H groups in total. The second-order valence-corrected chi connectivity index (χ2v) is 7.54. The number of carbonyl (C=O) groups is 1. The minimum Gasteiger partial charge on any atom is -0.347 e. The molecule has 4 heterocycles. The van der Waals surface area contributed by atoms with Gasteiger partial charge in [0.05, 0.1) is 22.0 Å². The Morgan fingerprint density at radius 1 is 1.13 bits per heavy atom. The standard InChI is InChI=1S/C21H20N6OS.C2H6/c1-13-12-29-19-17(13)26-21(25-14(2)16-7-3-4-9-23-16)27-18(19)20(28)24-11-15-6-5-8-22-10-15;1-2/h3-10,12,14H,11H2,1-2H3,(H,24,28)(H,25,26,27);1-2H3/t14-;/m0./s1. The SMILES string of the molecule is CC.Cc1csc2c(C(=O)NCc3cccnc3)nc(N[C@@H](C)c3ccccn3)nc12. The number of fused-ring (bicyclic) bond motifs is 1. The fraction of sp³-hybridized carbons (Fsp3) is 0.261. The first-order chi connectivity index (χ1) is 15.1. The van der Waals surface area contributed by atoms with Crippen molar-refractivity contribution in [1.29, 1.82) is 0 Å². The van der Waals surface area contributed by atoms with E-state index in [1.54, 1.807) is 18.6 Å². The summed E-state index contributed by atoms with van der Waals surface area (Å²) < 4.78 is 0.780. The van der Waals surface area contributed by atoms with Gasteiger partial charge in [0.25, 0.3) is 5.91 Å². The summed E-state index contributed by atoms with van der Waals surface area (Å²) in [5, 5.41) is 8.18. The normalized spacial score (nSPS) is 11.4. The lowest BCUT2D eigenvalue weighted by Crippen LogP contribution is -2.24. The predicted octanol–water partition coefficient (Wildman–Crippen LogP) is 4.92. The van der Waals surface area contributed by atoms with Crippen molar-refractivity contribution in [3.8, 4) is 0 Å². The van der Waals surface area contributed by atoms with E-state index < -0.39 is 0 Å². The summed E-state index contributed by atoms with van der Waals surface area (Å²) in [6.45, 7) is 8.35. The van der Waals surface area contributed by atoms with E-state index in [2.05, 4.69) is 30.6 Å². The van der Waals surface area contributed by atoms with Gasteiger partial charge in [0.2, 0.25) is 5.95 Å². The summed E-state index contributed by atoms with van der Waals surface area (Å²) in [4.78, 5) is 30.5. The predicted molar refractivity (Wildman–Crippen MR) is 125 cm³/mol. The molecule has 1 atom stereocenters. The highest BCUT2D eigenvalue weighted by atomic mass is 32.1. The van der Waals surface area contributed by atoms with Crippen molar-refractivity contribution < 1.29 is 4.79 Å². The third-order valence-electron chi connectivity index (χ3n) is 4.46. The molecule has 4 aromatic rings. The van der Waals surface area contributed by atoms with Crippen LogP contribution in [0.3, 0.4) is 0 Å². The Labute approximate surface area is 186 Å². The molecule has 4 rings (SSSR count). The molecule has 0 fully saturated rings. The zero-order chi connectivity index (χ0) is 22.2. The van der Waals surface area contributed by atoms with Gasteiger partial charge in [-0.1, -0.05) is 26.0 Å². The lowest BCUT2D eigenvalue weighted by atomic mass is 10.2. The molecule has 0 saturated carbocycles. The largest absolute Gasteiger partial charge is 0.347 e. The van der Waals surface area contributed by atoms with E-state index in [0.29, 0.717) is 18.2 Å². The second-order valence-electron chi connectivity index (χ2n) is 6.66. The number of anilines is 1. The van der Waals surface area contributed by atoms with Gasteiger partial charge in [-0.25, -0.2) is 9.97 Å². The molecule has 4 aromatic heterocycles. The molecule has 0 radical (unpaired) electrons. The van der Waals surface area contributed by atoms with Crippen molar-refractivity contribution in [3.63, 3.8) is 0 Å². The van der Waals surface area contributed by atoms with Crippen LogP contribution in [-0.2, 0) is 6.54 Å². The zero-order valence-corrected chi connectivity index (χ0v) is 18.9. The number of hydrogen-bond acceptors (Lipinski definition) is 7. The number of nitrogens with zero attached hydrogens (tertiary/aromatic N) is 4. The molecule has 8 heteroatoms. The minimum atomic E-state index is -0.239. The Bertz CT molecular complexity index is 1130. The van der Waals surface area contributed by atoms with Crippen LogP contribution >= 0.6 is 11.3 Å². The molecule has 160 valence electrons. The van der Waals surface area contributed by atoms with Crippen molar-refractivity contribution >= 4 is 33.4 Å². The van der Waals surface area contributed by atoms with Crippen LogP contribution in [0.2, 0.25) is 0 Å². The van der Waals surface area contributed by atoms with Crippen LogP contribution < -0.4 is 10.6 Å². The van der Waals surface area contributed by atoms with Crippen LogP contribution in [-0.4, -0.2) is 25.8 Å². The van der Waals surface area contributed by atoms with Crippen molar-refractivity contribution in [2.45, 2.75) is 40.3 Å². The van der Waals surface area contributed by atoms with Crippen molar-refractivity contribution in [1.82, 2.24) is 25.3 Å². The fourth-order valence-corrected chi connectivity index (χ4v) is 3.89. The van der Waals surface area contributed by atoms with Gasteiger partial charge in [0.1, 0.15) is 0 Å². The first-order valence-corrected chi connectivity index (χ1v) is 11.1. The van der Waals surface area contributed by atoms with Gasteiger partial charge < -0.3 is 10.6 Å². The zero-order valence-electron chi connectivity index (χ0n) is 18.1. The molecule has 0 aliphatic carbocycles. The Kier molecular flexibility index (Phi) is 7.61. The molecule has 0 aliphatic rings. The quantitative estimate of drug-likeness (QED) is 0.447. The number of carbonyl (C=O) groups excluding carboxylic acids is 1. The van der Waals surface area contributed by atoms with Crippen LogP contribution in [0.15, 0.2) is 54.3 Å². The van der Waals surface area contributed by atoms with Crippen molar-refractivity contribution in [2.24, 2.45) is 0 Å². The van der Waals surface area contributed by atoms with Crippen molar-refractivity contribution in [3.05, 3.63) is 76.8 Å². The number of amides is 1. The van der Waals surface area contributed by atoms with Crippen LogP contribution in [0.5, 0.6) is 0 Å². The highest BCUT2D eigenvalue weighted by Gasteiger charge is 2.19. The Hall–Kier alpha value is -3.39. The molecular weight excluding hydrogens is 408 g/mol. The first kappa shape index (κ1) is 22.3. The lowest BCUT2D eigenvalue weighted by Gasteiger charge is -2.14. The average Bonchev–Trinajstić information content (AvgIpc) is 3.20. The number of aromatic nitrogens is 4. The van der Waals surface area contributed by atoms with Gasteiger partial charge in [-0.2, -0.15) is 0 Å². The number of hydrogen-bond donors (Lipinski definition) is 2. The molecule has 1 amide bonds. The Balaban J connectivity index is 0.00000132. The average molecular weight is 435 g/mol. The van der Waals surface area contributed by atoms with E-state index in [-0.39, 0.29) is 11.9 Å². The van der Waals surface area contributed by atoms with Gasteiger partial charge >= 0.3 is 0 Å². The monoisotopic (exact) mass is 434 g/mol. The molecular formula is C23H26N6OS. The van der Waals surface area contributed by atoms with E-state index >= 15 is 0 Å². The number of pyridine rings is 2. The van der Waals surface area contributed by atoms with Gasteiger partial charge in [0, 0.05) is 25.1 Å². The maximum Gasteiger partial charge on any atom is 0.271 e. The van der Waals surface area contributed by atoms with E-state index in [9.17, 15) is 4.79 Å². The summed E-state index contributed by atoms with van der Waals surface area (Å²) >= 11 is 1.48. The fourth-order valence-electron chi connectivity index (χ4n) is 2.92. The number of thiophene rings is 1. The van der Waals surface area contributed by atoms with Gasteiger partial charge in [0.15, 0.2) is 5.69 Å². The summed E-state index contributed by atoms with van der Waals surface area (Å²) in [5.74, 6) is 0.167. The van der Waals surface area contributed by atoms with Crippen LogP contribution in [0.4, 0.5) is 5.95 Å². The maximum atomic E-state index is 12.9. The number of rotatable bonds is 6. The molecule has 0 aromatic carbocycles. The molecule has 0 saturated heterocycles. The molecule has 0 spiro atoms. The first-order valence-electron chi connectivity index (χ1n) is 10.2. The number of nitrogens with one attached hydrogen (secondary N) is 2. The molecule has 0 aliphatic heterocycles. The third kappa shape index (κ3) is 5.40. The molecule has 0 unspecified atom stereocenters.